The van der Waals surface area contributed by atoms with Crippen molar-refractivity contribution in [1.82, 2.24) is 0 Å². The van der Waals surface area contributed by atoms with E-state index in [2.05, 4.69) is 0 Å². The van der Waals surface area contributed by atoms with Crippen molar-refractivity contribution < 1.29 is 23.7 Å². The van der Waals surface area contributed by atoms with Crippen LogP contribution in [0.2, 0.25) is 0 Å². The number of ether oxygens (including phenoxy) is 5. The number of rotatable bonds is 5. The van der Waals surface area contributed by atoms with Gasteiger partial charge in [-0.3, -0.25) is 0 Å². The molecule has 0 radical (unpaired) electrons. The fraction of sp³-hybridized carbons (Fsp3) is 0.571. The molecule has 2 aliphatic rings. The van der Waals surface area contributed by atoms with Gasteiger partial charge < -0.3 is 23.7 Å². The molecule has 0 amide bonds. The first-order chi connectivity index (χ1) is 9.26. The molecule has 3 unspecified atom stereocenters. The highest BCUT2D eigenvalue weighted by Crippen LogP contribution is 2.34. The van der Waals surface area contributed by atoms with Crippen molar-refractivity contribution in [3.05, 3.63) is 23.8 Å². The molecule has 0 bridgehead atoms. The fourth-order valence-electron chi connectivity index (χ4n) is 1.98. The first-order valence-electron chi connectivity index (χ1n) is 6.45. The van der Waals surface area contributed by atoms with Crippen molar-refractivity contribution in [3.63, 3.8) is 0 Å². The number of epoxide rings is 1. The van der Waals surface area contributed by atoms with E-state index in [4.69, 9.17) is 23.7 Å². The summed E-state index contributed by atoms with van der Waals surface area (Å²) in [6.45, 7) is 3.94. The monoisotopic (exact) mass is 266 g/mol. The summed E-state index contributed by atoms with van der Waals surface area (Å²) in [5.74, 6) is 1.40. The molecule has 2 heterocycles. The molecule has 1 aromatic carbocycles. The van der Waals surface area contributed by atoms with Crippen molar-refractivity contribution >= 4 is 0 Å². The number of hydrogen-bond acceptors (Lipinski definition) is 5. The highest BCUT2D eigenvalue weighted by molar-refractivity contribution is 5.43. The Morgan fingerprint density at radius 2 is 2.05 bits per heavy atom. The van der Waals surface area contributed by atoms with Gasteiger partial charge in [-0.2, -0.15) is 0 Å². The lowest BCUT2D eigenvalue weighted by molar-refractivity contribution is -0.0573. The Hall–Kier alpha value is -1.30. The molecule has 104 valence electrons. The van der Waals surface area contributed by atoms with Gasteiger partial charge in [0.15, 0.2) is 17.8 Å². The van der Waals surface area contributed by atoms with Crippen molar-refractivity contribution in [2.45, 2.75) is 25.4 Å². The Bertz CT molecular complexity index is 443. The SMILES string of the molecule is COc1cc(C2OCC(C)O2)ccc1OCC1CO1. The van der Waals surface area contributed by atoms with Crippen LogP contribution in [0.4, 0.5) is 0 Å². The van der Waals surface area contributed by atoms with E-state index in [1.807, 2.05) is 25.1 Å². The van der Waals surface area contributed by atoms with Crippen LogP contribution in [0.5, 0.6) is 11.5 Å². The Kier molecular flexibility index (Phi) is 3.59. The van der Waals surface area contributed by atoms with Gasteiger partial charge in [0.25, 0.3) is 0 Å². The second-order valence-electron chi connectivity index (χ2n) is 4.79. The maximum absolute atomic E-state index is 5.66. The molecular formula is C14H18O5. The van der Waals surface area contributed by atoms with Gasteiger partial charge in [0, 0.05) is 5.56 Å². The van der Waals surface area contributed by atoms with E-state index >= 15 is 0 Å². The van der Waals surface area contributed by atoms with Crippen LogP contribution in [0.1, 0.15) is 18.8 Å². The molecule has 2 saturated heterocycles. The van der Waals surface area contributed by atoms with Crippen molar-refractivity contribution in [3.8, 4) is 11.5 Å². The van der Waals surface area contributed by atoms with Gasteiger partial charge in [-0.1, -0.05) is 6.07 Å². The van der Waals surface area contributed by atoms with Gasteiger partial charge in [0.1, 0.15) is 12.7 Å². The fourth-order valence-corrected chi connectivity index (χ4v) is 1.98. The lowest BCUT2D eigenvalue weighted by atomic mass is 10.2. The molecule has 1 aromatic rings. The molecule has 0 aromatic heterocycles. The van der Waals surface area contributed by atoms with Crippen LogP contribution in [0.3, 0.4) is 0 Å². The molecule has 0 spiro atoms. The number of hydrogen-bond donors (Lipinski definition) is 0. The summed E-state index contributed by atoms with van der Waals surface area (Å²) >= 11 is 0. The maximum atomic E-state index is 5.66. The smallest absolute Gasteiger partial charge is 0.184 e. The van der Waals surface area contributed by atoms with Gasteiger partial charge >= 0.3 is 0 Å². The summed E-state index contributed by atoms with van der Waals surface area (Å²) in [6, 6.07) is 5.71. The molecule has 3 atom stereocenters. The summed E-state index contributed by atoms with van der Waals surface area (Å²) in [5, 5.41) is 0. The third-order valence-corrected chi connectivity index (χ3v) is 3.13. The minimum absolute atomic E-state index is 0.124. The van der Waals surface area contributed by atoms with E-state index in [9.17, 15) is 0 Å². The molecule has 0 saturated carbocycles. The molecule has 5 nitrogen and oxygen atoms in total. The predicted octanol–water partition coefficient (Wildman–Crippen LogP) is 1.91. The van der Waals surface area contributed by atoms with Crippen LogP contribution < -0.4 is 9.47 Å². The summed E-state index contributed by atoms with van der Waals surface area (Å²) in [7, 11) is 1.62. The molecule has 5 heteroatoms. The van der Waals surface area contributed by atoms with Crippen LogP contribution in [0.25, 0.3) is 0 Å². The van der Waals surface area contributed by atoms with Crippen LogP contribution in [0.15, 0.2) is 18.2 Å². The molecule has 0 aliphatic carbocycles. The standard InChI is InChI=1S/C14H18O5/c1-9-6-18-14(19-9)10-3-4-12(13(5-10)15-2)17-8-11-7-16-11/h3-5,9,11,14H,6-8H2,1-2H3. The molecule has 0 N–H and O–H groups in total. The van der Waals surface area contributed by atoms with Crippen molar-refractivity contribution in [1.29, 1.82) is 0 Å². The van der Waals surface area contributed by atoms with Gasteiger partial charge in [-0.05, 0) is 19.1 Å². The molecule has 19 heavy (non-hydrogen) atoms. The minimum atomic E-state index is -0.315. The zero-order valence-corrected chi connectivity index (χ0v) is 11.1. The molecule has 2 aliphatic heterocycles. The van der Waals surface area contributed by atoms with Gasteiger partial charge in [0.2, 0.25) is 0 Å². The van der Waals surface area contributed by atoms with E-state index in [0.717, 1.165) is 12.2 Å². The van der Waals surface area contributed by atoms with E-state index in [1.54, 1.807) is 7.11 Å². The van der Waals surface area contributed by atoms with Crippen LogP contribution in [0, 0.1) is 0 Å². The zero-order valence-electron chi connectivity index (χ0n) is 11.1. The Morgan fingerprint density at radius 3 is 2.68 bits per heavy atom. The second kappa shape index (κ2) is 5.36. The zero-order chi connectivity index (χ0) is 13.2. The van der Waals surface area contributed by atoms with E-state index in [1.165, 1.54) is 0 Å². The normalized spacial score (nSPS) is 29.3. The first-order valence-corrected chi connectivity index (χ1v) is 6.45. The molecule has 2 fully saturated rings. The maximum Gasteiger partial charge on any atom is 0.184 e. The Labute approximate surface area is 112 Å². The average Bonchev–Trinajstić information content (AvgIpc) is 3.16. The lowest BCUT2D eigenvalue weighted by Crippen LogP contribution is -2.06. The Balaban J connectivity index is 1.72. The first kappa shape index (κ1) is 12.7. The summed E-state index contributed by atoms with van der Waals surface area (Å²) in [6.07, 6.45) is 0.0374. The predicted molar refractivity (Wildman–Crippen MR) is 67.5 cm³/mol. The molecular weight excluding hydrogens is 248 g/mol. The topological polar surface area (TPSA) is 49.5 Å². The van der Waals surface area contributed by atoms with Crippen molar-refractivity contribution in [2.75, 3.05) is 26.9 Å². The third kappa shape index (κ3) is 3.00. The molecule has 3 rings (SSSR count). The second-order valence-corrected chi connectivity index (χ2v) is 4.79. The summed E-state index contributed by atoms with van der Waals surface area (Å²) in [4.78, 5) is 0. The van der Waals surface area contributed by atoms with E-state index in [0.29, 0.717) is 24.7 Å². The quantitative estimate of drug-likeness (QED) is 0.762. The van der Waals surface area contributed by atoms with E-state index < -0.39 is 0 Å². The van der Waals surface area contributed by atoms with Gasteiger partial charge in [0.05, 0.1) is 26.4 Å². The number of benzene rings is 1. The van der Waals surface area contributed by atoms with Crippen molar-refractivity contribution in [2.24, 2.45) is 0 Å². The van der Waals surface area contributed by atoms with Gasteiger partial charge in [-0.15, -0.1) is 0 Å². The van der Waals surface area contributed by atoms with Crippen LogP contribution >= 0.6 is 0 Å². The number of methoxy groups -OCH3 is 1. The minimum Gasteiger partial charge on any atom is -0.493 e. The highest BCUT2D eigenvalue weighted by atomic mass is 16.7. The highest BCUT2D eigenvalue weighted by Gasteiger charge is 2.26. The van der Waals surface area contributed by atoms with Gasteiger partial charge in [-0.25, -0.2) is 0 Å². The lowest BCUT2D eigenvalue weighted by Gasteiger charge is -2.14. The Morgan fingerprint density at radius 1 is 1.21 bits per heavy atom. The average molecular weight is 266 g/mol. The summed E-state index contributed by atoms with van der Waals surface area (Å²) < 4.78 is 27.3. The largest absolute Gasteiger partial charge is 0.493 e. The van der Waals surface area contributed by atoms with E-state index in [-0.39, 0.29) is 18.5 Å². The third-order valence-electron chi connectivity index (χ3n) is 3.13. The van der Waals surface area contributed by atoms with Crippen LogP contribution in [-0.4, -0.2) is 39.1 Å². The van der Waals surface area contributed by atoms with Crippen LogP contribution in [-0.2, 0) is 14.2 Å². The summed E-state index contributed by atoms with van der Waals surface area (Å²) in [5.41, 5.74) is 0.941.